The van der Waals surface area contributed by atoms with E-state index in [9.17, 15) is 0 Å². The number of nitrogens with one attached hydrogen (secondary N) is 1. The van der Waals surface area contributed by atoms with E-state index in [0.29, 0.717) is 17.0 Å². The molecule has 2 rings (SSSR count). The highest BCUT2D eigenvalue weighted by Crippen LogP contribution is 2.40. The summed E-state index contributed by atoms with van der Waals surface area (Å²) < 4.78 is 6.51. The third-order valence-corrected chi connectivity index (χ3v) is 4.68. The minimum absolute atomic E-state index is 0.331. The first-order chi connectivity index (χ1) is 6.68. The van der Waals surface area contributed by atoms with Crippen LogP contribution in [0.4, 0.5) is 0 Å². The van der Waals surface area contributed by atoms with Crippen LogP contribution in [0.3, 0.4) is 0 Å². The van der Waals surface area contributed by atoms with Crippen LogP contribution in [0.5, 0.6) is 0 Å². The van der Waals surface area contributed by atoms with Gasteiger partial charge >= 0.3 is 0 Å². The van der Waals surface area contributed by atoms with Crippen LogP contribution in [-0.2, 0) is 4.74 Å². The van der Waals surface area contributed by atoms with Crippen LogP contribution in [0, 0.1) is 0 Å². The summed E-state index contributed by atoms with van der Waals surface area (Å²) in [5, 5.41) is 3.40. The van der Waals surface area contributed by atoms with Gasteiger partial charge in [-0.05, 0) is 45.4 Å². The molecule has 0 bridgehead atoms. The number of hydrogen-bond acceptors (Lipinski definition) is 3. The van der Waals surface area contributed by atoms with Gasteiger partial charge in [0, 0.05) is 11.3 Å². The molecule has 2 aliphatic heterocycles. The zero-order valence-electron chi connectivity index (χ0n) is 9.21. The van der Waals surface area contributed by atoms with Crippen molar-refractivity contribution in [2.45, 2.75) is 50.1 Å². The molecule has 2 fully saturated rings. The Morgan fingerprint density at radius 1 is 1.36 bits per heavy atom. The SMILES string of the molecule is CC1(C)SCCC1OC1CCCNC1. The average molecular weight is 215 g/mol. The predicted octanol–water partition coefficient (Wildman–Crippen LogP) is 2.04. The summed E-state index contributed by atoms with van der Waals surface area (Å²) >= 11 is 2.05. The molecule has 2 heterocycles. The third-order valence-electron chi connectivity index (χ3n) is 3.24. The Labute approximate surface area is 91.2 Å². The largest absolute Gasteiger partial charge is 0.372 e. The Morgan fingerprint density at radius 3 is 2.79 bits per heavy atom. The van der Waals surface area contributed by atoms with E-state index in [-0.39, 0.29) is 0 Å². The van der Waals surface area contributed by atoms with E-state index in [2.05, 4.69) is 30.9 Å². The molecule has 2 atom stereocenters. The van der Waals surface area contributed by atoms with Crippen molar-refractivity contribution in [3.8, 4) is 0 Å². The fourth-order valence-electron chi connectivity index (χ4n) is 2.27. The van der Waals surface area contributed by atoms with Crippen LogP contribution >= 0.6 is 11.8 Å². The van der Waals surface area contributed by atoms with Crippen LogP contribution < -0.4 is 5.32 Å². The molecular formula is C11H21NOS. The minimum Gasteiger partial charge on any atom is -0.372 e. The number of ether oxygens (including phenoxy) is 1. The van der Waals surface area contributed by atoms with Crippen molar-refractivity contribution in [3.05, 3.63) is 0 Å². The first kappa shape index (κ1) is 10.8. The van der Waals surface area contributed by atoms with Gasteiger partial charge in [-0.1, -0.05) is 0 Å². The normalized spacial score (nSPS) is 37.3. The Hall–Kier alpha value is 0.270. The highest BCUT2D eigenvalue weighted by atomic mass is 32.2. The summed E-state index contributed by atoms with van der Waals surface area (Å²) in [5.41, 5.74) is 0. The molecule has 0 aromatic rings. The second kappa shape index (κ2) is 4.42. The van der Waals surface area contributed by atoms with Crippen molar-refractivity contribution in [1.82, 2.24) is 5.32 Å². The molecule has 82 valence electrons. The lowest BCUT2D eigenvalue weighted by Gasteiger charge is -2.32. The third kappa shape index (κ3) is 2.44. The molecule has 2 unspecified atom stereocenters. The highest BCUT2D eigenvalue weighted by molar-refractivity contribution is 8.00. The predicted molar refractivity (Wildman–Crippen MR) is 61.9 cm³/mol. The maximum atomic E-state index is 6.18. The number of rotatable bonds is 2. The molecule has 1 N–H and O–H groups in total. The van der Waals surface area contributed by atoms with Gasteiger partial charge in [-0.2, -0.15) is 11.8 Å². The Bertz CT molecular complexity index is 190. The fraction of sp³-hybridized carbons (Fsp3) is 1.00. The van der Waals surface area contributed by atoms with E-state index in [1.54, 1.807) is 0 Å². The molecule has 0 aromatic carbocycles. The second-order valence-corrected chi connectivity index (χ2v) is 6.58. The quantitative estimate of drug-likeness (QED) is 0.761. The molecular weight excluding hydrogens is 194 g/mol. The first-order valence-electron chi connectivity index (χ1n) is 5.68. The first-order valence-corrected chi connectivity index (χ1v) is 6.67. The van der Waals surface area contributed by atoms with Gasteiger partial charge < -0.3 is 10.1 Å². The van der Waals surface area contributed by atoms with Crippen molar-refractivity contribution in [2.75, 3.05) is 18.8 Å². The van der Waals surface area contributed by atoms with E-state index >= 15 is 0 Å². The van der Waals surface area contributed by atoms with Crippen molar-refractivity contribution in [1.29, 1.82) is 0 Å². The van der Waals surface area contributed by atoms with E-state index in [0.717, 1.165) is 6.54 Å². The second-order valence-electron chi connectivity index (χ2n) is 4.83. The fourth-order valence-corrected chi connectivity index (χ4v) is 3.49. The summed E-state index contributed by atoms with van der Waals surface area (Å²) in [6, 6.07) is 0. The zero-order chi connectivity index (χ0) is 10.0. The number of hydrogen-bond donors (Lipinski definition) is 1. The van der Waals surface area contributed by atoms with Crippen LogP contribution in [0.2, 0.25) is 0 Å². The Balaban J connectivity index is 1.83. The summed E-state index contributed by atoms with van der Waals surface area (Å²) in [7, 11) is 0. The van der Waals surface area contributed by atoms with Gasteiger partial charge in [0.2, 0.25) is 0 Å². The van der Waals surface area contributed by atoms with Gasteiger partial charge in [0.05, 0.1) is 12.2 Å². The van der Waals surface area contributed by atoms with Gasteiger partial charge in [-0.15, -0.1) is 0 Å². The van der Waals surface area contributed by atoms with Gasteiger partial charge in [-0.25, -0.2) is 0 Å². The van der Waals surface area contributed by atoms with Crippen LogP contribution in [0.25, 0.3) is 0 Å². The molecule has 2 nitrogen and oxygen atoms in total. The number of piperidine rings is 1. The monoisotopic (exact) mass is 215 g/mol. The molecule has 0 aliphatic carbocycles. The van der Waals surface area contributed by atoms with E-state index in [4.69, 9.17) is 4.74 Å². The Kier molecular flexibility index (Phi) is 3.40. The molecule has 3 heteroatoms. The lowest BCUT2D eigenvalue weighted by molar-refractivity contribution is -0.0334. The standard InChI is InChI=1S/C11H21NOS/c1-11(2)10(5-7-14-11)13-9-4-3-6-12-8-9/h9-10,12H,3-8H2,1-2H3. The number of thioether (sulfide) groups is 1. The van der Waals surface area contributed by atoms with Crippen LogP contribution in [-0.4, -0.2) is 35.8 Å². The van der Waals surface area contributed by atoms with Crippen molar-refractivity contribution in [3.63, 3.8) is 0 Å². The Morgan fingerprint density at radius 2 is 2.21 bits per heavy atom. The van der Waals surface area contributed by atoms with Crippen molar-refractivity contribution >= 4 is 11.8 Å². The molecule has 2 saturated heterocycles. The molecule has 0 amide bonds. The maximum Gasteiger partial charge on any atom is 0.0728 e. The molecule has 0 spiro atoms. The maximum absolute atomic E-state index is 6.18. The minimum atomic E-state index is 0.331. The van der Waals surface area contributed by atoms with Crippen LogP contribution in [0.1, 0.15) is 33.1 Å². The topological polar surface area (TPSA) is 21.3 Å². The van der Waals surface area contributed by atoms with E-state index in [1.807, 2.05) is 0 Å². The summed E-state index contributed by atoms with van der Waals surface area (Å²) in [6.45, 7) is 6.84. The van der Waals surface area contributed by atoms with E-state index in [1.165, 1.54) is 31.6 Å². The van der Waals surface area contributed by atoms with Gasteiger partial charge in [0.25, 0.3) is 0 Å². The lowest BCUT2D eigenvalue weighted by Crippen LogP contribution is -2.41. The van der Waals surface area contributed by atoms with Gasteiger partial charge in [-0.3, -0.25) is 0 Å². The molecule has 2 aliphatic rings. The van der Waals surface area contributed by atoms with Gasteiger partial charge in [0.1, 0.15) is 0 Å². The van der Waals surface area contributed by atoms with E-state index < -0.39 is 0 Å². The summed E-state index contributed by atoms with van der Waals surface area (Å²) in [6.07, 6.45) is 4.67. The lowest BCUT2D eigenvalue weighted by atomic mass is 10.0. The average Bonchev–Trinajstić information content (AvgIpc) is 2.48. The molecule has 14 heavy (non-hydrogen) atoms. The summed E-state index contributed by atoms with van der Waals surface area (Å²) in [4.78, 5) is 0. The smallest absolute Gasteiger partial charge is 0.0728 e. The zero-order valence-corrected chi connectivity index (χ0v) is 10.0. The van der Waals surface area contributed by atoms with Crippen molar-refractivity contribution in [2.24, 2.45) is 0 Å². The van der Waals surface area contributed by atoms with Crippen LogP contribution in [0.15, 0.2) is 0 Å². The van der Waals surface area contributed by atoms with Gasteiger partial charge in [0.15, 0.2) is 0 Å². The molecule has 0 saturated carbocycles. The van der Waals surface area contributed by atoms with Crippen molar-refractivity contribution < 1.29 is 4.74 Å². The highest BCUT2D eigenvalue weighted by Gasteiger charge is 2.37. The molecule has 0 aromatic heterocycles. The summed E-state index contributed by atoms with van der Waals surface area (Å²) in [5.74, 6) is 1.26. The molecule has 0 radical (unpaired) electrons.